The van der Waals surface area contributed by atoms with Crippen LogP contribution in [0.3, 0.4) is 0 Å². The first kappa shape index (κ1) is 7.27. The number of hydrogen-bond donors (Lipinski definition) is 0. The molecule has 1 aliphatic carbocycles. The highest BCUT2D eigenvalue weighted by atomic mass is 16.6. The summed E-state index contributed by atoms with van der Waals surface area (Å²) in [5.41, 5.74) is 2.09. The summed E-state index contributed by atoms with van der Waals surface area (Å²) in [6.45, 7) is 0. The molecule has 0 bridgehead atoms. The Balaban J connectivity index is 2.08. The van der Waals surface area contributed by atoms with Gasteiger partial charge < -0.3 is 9.53 Å². The number of ether oxygens (including phenoxy) is 1. The van der Waals surface area contributed by atoms with Gasteiger partial charge in [0.15, 0.2) is 11.9 Å². The summed E-state index contributed by atoms with van der Waals surface area (Å²) < 4.78 is 5.47. The van der Waals surface area contributed by atoms with E-state index in [1.807, 2.05) is 12.1 Å². The average molecular weight is 174 g/mol. The zero-order valence-corrected chi connectivity index (χ0v) is 7.19. The zero-order chi connectivity index (χ0) is 8.89. The van der Waals surface area contributed by atoms with Crippen molar-refractivity contribution in [3.05, 3.63) is 35.4 Å². The van der Waals surface area contributed by atoms with Crippen LogP contribution in [-0.2, 0) is 16.0 Å². The second kappa shape index (κ2) is 2.20. The third-order valence-electron chi connectivity index (χ3n) is 3.05. The summed E-state index contributed by atoms with van der Waals surface area (Å²) in [6, 6.07) is 8.21. The lowest BCUT2D eigenvalue weighted by molar-refractivity contribution is -0.112. The van der Waals surface area contributed by atoms with E-state index in [-0.39, 0.29) is 6.10 Å². The van der Waals surface area contributed by atoms with Crippen LogP contribution in [0.4, 0.5) is 0 Å². The molecule has 1 aliphatic heterocycles. The Labute approximate surface area is 76.5 Å². The normalized spacial score (nSPS) is 34.6. The van der Waals surface area contributed by atoms with Gasteiger partial charge in [-0.05, 0) is 24.0 Å². The maximum atomic E-state index is 10.8. The smallest absolute Gasteiger partial charge is 0.155 e. The highest BCUT2D eigenvalue weighted by molar-refractivity contribution is 5.70. The molecule has 0 N–H and O–H groups in total. The Kier molecular flexibility index (Phi) is 1.23. The highest BCUT2D eigenvalue weighted by Crippen LogP contribution is 2.55. The van der Waals surface area contributed by atoms with Crippen LogP contribution in [0.5, 0.6) is 0 Å². The summed E-state index contributed by atoms with van der Waals surface area (Å²) in [5, 5.41) is 0. The van der Waals surface area contributed by atoms with E-state index in [0.29, 0.717) is 0 Å². The number of hydrogen-bond acceptors (Lipinski definition) is 2. The van der Waals surface area contributed by atoms with Gasteiger partial charge in [0, 0.05) is 0 Å². The largest absolute Gasteiger partial charge is 0.353 e. The molecular weight excluding hydrogens is 164 g/mol. The molecule has 2 nitrogen and oxygen atoms in total. The van der Waals surface area contributed by atoms with Crippen LogP contribution in [0.15, 0.2) is 24.3 Å². The number of aryl methyl sites for hydroxylation is 1. The molecule has 0 spiro atoms. The van der Waals surface area contributed by atoms with Crippen molar-refractivity contribution in [1.29, 1.82) is 0 Å². The van der Waals surface area contributed by atoms with Crippen molar-refractivity contribution >= 4 is 6.29 Å². The molecule has 2 heteroatoms. The highest BCUT2D eigenvalue weighted by Gasteiger charge is 2.59. The summed E-state index contributed by atoms with van der Waals surface area (Å²) in [4.78, 5) is 10.8. The first-order valence-electron chi connectivity index (χ1n) is 4.58. The van der Waals surface area contributed by atoms with E-state index in [0.717, 1.165) is 19.1 Å². The van der Waals surface area contributed by atoms with Gasteiger partial charge in [0.25, 0.3) is 0 Å². The number of rotatable bonds is 1. The molecule has 66 valence electrons. The second-order valence-corrected chi connectivity index (χ2v) is 3.77. The zero-order valence-electron chi connectivity index (χ0n) is 7.19. The van der Waals surface area contributed by atoms with Gasteiger partial charge in [-0.1, -0.05) is 24.3 Å². The third-order valence-corrected chi connectivity index (χ3v) is 3.05. The van der Waals surface area contributed by atoms with Crippen molar-refractivity contribution in [1.82, 2.24) is 0 Å². The Hall–Kier alpha value is -1.15. The topological polar surface area (TPSA) is 29.6 Å². The number of aldehydes is 1. The lowest BCUT2D eigenvalue weighted by Crippen LogP contribution is -2.19. The van der Waals surface area contributed by atoms with Crippen LogP contribution >= 0.6 is 0 Å². The molecule has 13 heavy (non-hydrogen) atoms. The number of carbonyl (C=O) groups is 1. The van der Waals surface area contributed by atoms with Gasteiger partial charge in [0.2, 0.25) is 0 Å². The lowest BCUT2D eigenvalue weighted by atomic mass is 9.85. The second-order valence-electron chi connectivity index (χ2n) is 3.77. The summed E-state index contributed by atoms with van der Waals surface area (Å²) >= 11 is 0. The van der Waals surface area contributed by atoms with Crippen molar-refractivity contribution in [2.24, 2.45) is 0 Å². The first-order valence-corrected chi connectivity index (χ1v) is 4.58. The molecular formula is C11H10O2. The molecule has 2 unspecified atom stereocenters. The van der Waals surface area contributed by atoms with Gasteiger partial charge in [0.05, 0.1) is 0 Å². The Morgan fingerprint density at radius 3 is 3.15 bits per heavy atom. The molecule has 1 heterocycles. The van der Waals surface area contributed by atoms with E-state index in [9.17, 15) is 4.79 Å². The van der Waals surface area contributed by atoms with Gasteiger partial charge in [-0.25, -0.2) is 0 Å². The van der Waals surface area contributed by atoms with Crippen LogP contribution in [-0.4, -0.2) is 11.9 Å². The molecule has 0 radical (unpaired) electrons. The number of epoxide rings is 1. The monoisotopic (exact) mass is 174 g/mol. The van der Waals surface area contributed by atoms with Gasteiger partial charge in [0.1, 0.15) is 6.10 Å². The molecule has 0 aromatic heterocycles. The molecule has 2 aliphatic rings. The van der Waals surface area contributed by atoms with Crippen molar-refractivity contribution in [2.45, 2.75) is 24.5 Å². The predicted molar refractivity (Wildman–Crippen MR) is 47.4 cm³/mol. The standard InChI is InChI=1S/C11H10O2/c12-7-11-6-5-8-3-1-2-4-9(8)10(11)13-11/h1-4,7,10H,5-6H2. The van der Waals surface area contributed by atoms with E-state index >= 15 is 0 Å². The number of fused-ring (bicyclic) bond motifs is 3. The molecule has 1 saturated heterocycles. The Morgan fingerprint density at radius 2 is 2.31 bits per heavy atom. The van der Waals surface area contributed by atoms with E-state index in [1.54, 1.807) is 0 Å². The molecule has 1 fully saturated rings. The van der Waals surface area contributed by atoms with Gasteiger partial charge >= 0.3 is 0 Å². The van der Waals surface area contributed by atoms with Crippen molar-refractivity contribution in [2.75, 3.05) is 0 Å². The average Bonchev–Trinajstić information content (AvgIpc) is 2.93. The quantitative estimate of drug-likeness (QED) is 0.478. The molecule has 1 aromatic carbocycles. The summed E-state index contributed by atoms with van der Waals surface area (Å²) in [6.07, 6.45) is 2.83. The van der Waals surface area contributed by atoms with Crippen LogP contribution < -0.4 is 0 Å². The maximum absolute atomic E-state index is 10.8. The van der Waals surface area contributed by atoms with E-state index in [4.69, 9.17) is 4.74 Å². The minimum atomic E-state index is -0.450. The molecule has 3 rings (SSSR count). The summed E-state index contributed by atoms with van der Waals surface area (Å²) in [7, 11) is 0. The fourth-order valence-corrected chi connectivity index (χ4v) is 2.20. The minimum absolute atomic E-state index is 0.0509. The van der Waals surface area contributed by atoms with Crippen LogP contribution in [0.25, 0.3) is 0 Å². The molecule has 0 saturated carbocycles. The van der Waals surface area contributed by atoms with Crippen LogP contribution in [0, 0.1) is 0 Å². The van der Waals surface area contributed by atoms with Gasteiger partial charge in [-0.2, -0.15) is 0 Å². The van der Waals surface area contributed by atoms with Crippen LogP contribution in [0.1, 0.15) is 23.7 Å². The van der Waals surface area contributed by atoms with Crippen molar-refractivity contribution in [3.8, 4) is 0 Å². The van der Waals surface area contributed by atoms with Gasteiger partial charge in [-0.3, -0.25) is 0 Å². The van der Waals surface area contributed by atoms with Crippen molar-refractivity contribution in [3.63, 3.8) is 0 Å². The Morgan fingerprint density at radius 1 is 1.46 bits per heavy atom. The molecule has 0 amide bonds. The third kappa shape index (κ3) is 0.838. The van der Waals surface area contributed by atoms with Crippen LogP contribution in [0.2, 0.25) is 0 Å². The number of benzene rings is 1. The maximum Gasteiger partial charge on any atom is 0.155 e. The SMILES string of the molecule is O=CC12CCc3ccccc3C1O2. The molecule has 1 aromatic rings. The lowest BCUT2D eigenvalue weighted by Gasteiger charge is -2.14. The van der Waals surface area contributed by atoms with Gasteiger partial charge in [-0.15, -0.1) is 0 Å². The van der Waals surface area contributed by atoms with Crippen molar-refractivity contribution < 1.29 is 9.53 Å². The van der Waals surface area contributed by atoms with E-state index in [1.165, 1.54) is 11.1 Å². The first-order chi connectivity index (χ1) is 6.36. The fraction of sp³-hybridized carbons (Fsp3) is 0.364. The Bertz CT molecular complexity index is 372. The molecule has 2 atom stereocenters. The predicted octanol–water partition coefficient (Wildman–Crippen LogP) is 1.64. The van der Waals surface area contributed by atoms with E-state index in [2.05, 4.69) is 12.1 Å². The number of carbonyl (C=O) groups excluding carboxylic acids is 1. The fourth-order valence-electron chi connectivity index (χ4n) is 2.20. The van der Waals surface area contributed by atoms with E-state index < -0.39 is 5.60 Å². The minimum Gasteiger partial charge on any atom is -0.353 e. The summed E-state index contributed by atoms with van der Waals surface area (Å²) in [5.74, 6) is 0.